The Morgan fingerprint density at radius 1 is 1.67 bits per heavy atom. The Balaban J connectivity index is 3.00. The Labute approximate surface area is 86.6 Å². The molecule has 1 aliphatic heterocycles. The summed E-state index contributed by atoms with van der Waals surface area (Å²) in [5.74, 6) is 0.866. The van der Waals surface area contributed by atoms with Crippen LogP contribution in [0.25, 0.3) is 0 Å². The summed E-state index contributed by atoms with van der Waals surface area (Å²) in [5.41, 5.74) is 1.23. The summed E-state index contributed by atoms with van der Waals surface area (Å²) in [4.78, 5) is 0. The van der Waals surface area contributed by atoms with Crippen LogP contribution in [0.5, 0.6) is 0 Å². The van der Waals surface area contributed by atoms with E-state index in [-0.39, 0.29) is 0 Å². The van der Waals surface area contributed by atoms with Gasteiger partial charge in [0.15, 0.2) is 0 Å². The van der Waals surface area contributed by atoms with Crippen LogP contribution in [0, 0.1) is 0 Å². The molecule has 68 valence electrons. The van der Waals surface area contributed by atoms with Gasteiger partial charge in [0.1, 0.15) is 5.76 Å². The van der Waals surface area contributed by atoms with Crippen molar-refractivity contribution in [3.63, 3.8) is 0 Å². The van der Waals surface area contributed by atoms with Gasteiger partial charge in [0.2, 0.25) is 0 Å². The predicted molar refractivity (Wildman–Crippen MR) is 55.4 cm³/mol. The Bertz CT molecular complexity index is 239. The second kappa shape index (κ2) is 4.33. The lowest BCUT2D eigenvalue weighted by Gasteiger charge is -2.03. The number of ether oxygens (including phenoxy) is 1. The van der Waals surface area contributed by atoms with E-state index in [1.54, 1.807) is 0 Å². The summed E-state index contributed by atoms with van der Waals surface area (Å²) in [6, 6.07) is 0. The SMILES string of the molecule is CC/C(Br)=C1/CCO/C1=C(/C)Cl. The Hall–Kier alpha value is 0.0500. The zero-order valence-electron chi connectivity index (χ0n) is 7.29. The maximum atomic E-state index is 5.88. The lowest BCUT2D eigenvalue weighted by atomic mass is 10.1. The molecule has 0 bridgehead atoms. The van der Waals surface area contributed by atoms with E-state index in [0.717, 1.165) is 30.2 Å². The van der Waals surface area contributed by atoms with Crippen LogP contribution in [0.1, 0.15) is 26.7 Å². The third-order valence-electron chi connectivity index (χ3n) is 1.82. The number of hydrogen-bond donors (Lipinski definition) is 0. The maximum absolute atomic E-state index is 5.88. The summed E-state index contributed by atoms with van der Waals surface area (Å²) in [5, 5.41) is 0.743. The van der Waals surface area contributed by atoms with Gasteiger partial charge in [0.05, 0.1) is 11.6 Å². The van der Waals surface area contributed by atoms with E-state index in [9.17, 15) is 0 Å². The second-order valence-corrected chi connectivity index (χ2v) is 4.22. The average Bonchev–Trinajstić information content (AvgIpc) is 2.50. The fourth-order valence-corrected chi connectivity index (χ4v) is 1.78. The van der Waals surface area contributed by atoms with Gasteiger partial charge in [-0.2, -0.15) is 0 Å². The van der Waals surface area contributed by atoms with E-state index in [1.807, 2.05) is 6.92 Å². The molecule has 0 unspecified atom stereocenters. The van der Waals surface area contributed by atoms with Crippen molar-refractivity contribution >= 4 is 27.5 Å². The van der Waals surface area contributed by atoms with Crippen LogP contribution in [0.2, 0.25) is 0 Å². The highest BCUT2D eigenvalue weighted by Crippen LogP contribution is 2.33. The Morgan fingerprint density at radius 2 is 2.33 bits per heavy atom. The molecule has 1 heterocycles. The summed E-state index contributed by atoms with van der Waals surface area (Å²) >= 11 is 9.40. The van der Waals surface area contributed by atoms with Gasteiger partial charge in [0, 0.05) is 16.5 Å². The highest BCUT2D eigenvalue weighted by Gasteiger charge is 2.19. The van der Waals surface area contributed by atoms with Gasteiger partial charge in [-0.15, -0.1) is 0 Å². The first kappa shape index (κ1) is 10.1. The quantitative estimate of drug-likeness (QED) is 0.686. The molecule has 0 atom stereocenters. The maximum Gasteiger partial charge on any atom is 0.137 e. The number of halogens is 2. The molecule has 1 aliphatic rings. The molecule has 1 saturated heterocycles. The molecule has 3 heteroatoms. The molecule has 0 aliphatic carbocycles. The lowest BCUT2D eigenvalue weighted by Crippen LogP contribution is -1.86. The zero-order chi connectivity index (χ0) is 9.14. The van der Waals surface area contributed by atoms with Crippen LogP contribution in [0.3, 0.4) is 0 Å². The topological polar surface area (TPSA) is 9.23 Å². The molecule has 0 radical (unpaired) electrons. The molecule has 1 rings (SSSR count). The van der Waals surface area contributed by atoms with Gasteiger partial charge in [-0.25, -0.2) is 0 Å². The molecular formula is C9H12BrClO. The third kappa shape index (κ3) is 2.05. The number of rotatable bonds is 1. The van der Waals surface area contributed by atoms with E-state index in [1.165, 1.54) is 10.1 Å². The van der Waals surface area contributed by atoms with Gasteiger partial charge in [-0.05, 0) is 13.3 Å². The first-order valence-electron chi connectivity index (χ1n) is 4.03. The molecule has 0 spiro atoms. The van der Waals surface area contributed by atoms with Crippen molar-refractivity contribution in [2.45, 2.75) is 26.7 Å². The molecule has 0 N–H and O–H groups in total. The summed E-state index contributed by atoms with van der Waals surface area (Å²) < 4.78 is 6.61. The third-order valence-corrected chi connectivity index (χ3v) is 3.03. The molecule has 0 amide bonds. The molecule has 1 nitrogen and oxygen atoms in total. The van der Waals surface area contributed by atoms with E-state index in [4.69, 9.17) is 16.3 Å². The van der Waals surface area contributed by atoms with Crippen LogP contribution in [-0.2, 0) is 4.74 Å². The molecule has 0 aromatic heterocycles. The minimum Gasteiger partial charge on any atom is -0.492 e. The standard InChI is InChI=1S/C9H12BrClO/c1-3-8(10)7-4-5-12-9(7)6(2)11/h3-5H2,1-2H3/b8-7+,9-6-. The van der Waals surface area contributed by atoms with Gasteiger partial charge in [0.25, 0.3) is 0 Å². The van der Waals surface area contributed by atoms with Crippen LogP contribution < -0.4 is 0 Å². The fourth-order valence-electron chi connectivity index (χ4n) is 1.24. The van der Waals surface area contributed by atoms with Crippen molar-refractivity contribution < 1.29 is 4.74 Å². The second-order valence-electron chi connectivity index (χ2n) is 2.70. The van der Waals surface area contributed by atoms with Gasteiger partial charge in [-0.3, -0.25) is 0 Å². The van der Waals surface area contributed by atoms with E-state index in [2.05, 4.69) is 22.9 Å². The van der Waals surface area contributed by atoms with Gasteiger partial charge >= 0.3 is 0 Å². The van der Waals surface area contributed by atoms with Crippen molar-refractivity contribution in [1.29, 1.82) is 0 Å². The summed E-state index contributed by atoms with van der Waals surface area (Å²) in [6.07, 6.45) is 1.96. The van der Waals surface area contributed by atoms with Crippen molar-refractivity contribution in [2.24, 2.45) is 0 Å². The number of allylic oxidation sites excluding steroid dienone is 3. The summed E-state index contributed by atoms with van der Waals surface area (Å²) in [6.45, 7) is 4.72. The average molecular weight is 252 g/mol. The smallest absolute Gasteiger partial charge is 0.137 e. The minimum absolute atomic E-state index is 0.743. The highest BCUT2D eigenvalue weighted by molar-refractivity contribution is 9.11. The molecule has 0 aromatic carbocycles. The van der Waals surface area contributed by atoms with Crippen LogP contribution in [-0.4, -0.2) is 6.61 Å². The first-order chi connectivity index (χ1) is 5.66. The van der Waals surface area contributed by atoms with E-state index in [0.29, 0.717) is 0 Å². The molecule has 12 heavy (non-hydrogen) atoms. The van der Waals surface area contributed by atoms with Crippen molar-refractivity contribution in [2.75, 3.05) is 6.61 Å². The zero-order valence-corrected chi connectivity index (χ0v) is 9.63. The van der Waals surface area contributed by atoms with Gasteiger partial charge in [-0.1, -0.05) is 34.5 Å². The van der Waals surface area contributed by atoms with Crippen LogP contribution >= 0.6 is 27.5 Å². The number of hydrogen-bond acceptors (Lipinski definition) is 1. The largest absolute Gasteiger partial charge is 0.492 e. The van der Waals surface area contributed by atoms with Crippen molar-refractivity contribution in [3.8, 4) is 0 Å². The van der Waals surface area contributed by atoms with Crippen LogP contribution in [0.15, 0.2) is 20.8 Å². The molecular weight excluding hydrogens is 239 g/mol. The molecule has 1 fully saturated rings. The lowest BCUT2D eigenvalue weighted by molar-refractivity contribution is 0.264. The van der Waals surface area contributed by atoms with Crippen LogP contribution in [0.4, 0.5) is 0 Å². The normalized spacial score (nSPS) is 25.3. The first-order valence-corrected chi connectivity index (χ1v) is 5.21. The van der Waals surface area contributed by atoms with Crippen molar-refractivity contribution in [3.05, 3.63) is 20.8 Å². The highest BCUT2D eigenvalue weighted by atomic mass is 79.9. The summed E-state index contributed by atoms with van der Waals surface area (Å²) in [7, 11) is 0. The van der Waals surface area contributed by atoms with E-state index < -0.39 is 0 Å². The Morgan fingerprint density at radius 3 is 2.83 bits per heavy atom. The molecule has 0 saturated carbocycles. The van der Waals surface area contributed by atoms with Gasteiger partial charge < -0.3 is 4.74 Å². The Kier molecular flexibility index (Phi) is 3.66. The fraction of sp³-hybridized carbons (Fsp3) is 0.556. The monoisotopic (exact) mass is 250 g/mol. The van der Waals surface area contributed by atoms with E-state index >= 15 is 0 Å². The minimum atomic E-state index is 0.743. The molecule has 0 aromatic rings. The predicted octanol–water partition coefficient (Wildman–Crippen LogP) is 3.94. The van der Waals surface area contributed by atoms with Crippen molar-refractivity contribution in [1.82, 2.24) is 0 Å².